The number of ether oxygens (including phenoxy) is 3. The summed E-state index contributed by atoms with van der Waals surface area (Å²) in [6, 6.07) is 11.1. The first kappa shape index (κ1) is 26.4. The number of nitrogens with one attached hydrogen (secondary N) is 1. The van der Waals surface area contributed by atoms with Crippen molar-refractivity contribution in [1.82, 2.24) is 4.31 Å². The van der Waals surface area contributed by atoms with Crippen molar-refractivity contribution in [2.24, 2.45) is 0 Å². The van der Waals surface area contributed by atoms with Crippen LogP contribution in [0.4, 0.5) is 5.69 Å². The van der Waals surface area contributed by atoms with Gasteiger partial charge in [0.25, 0.3) is 5.91 Å². The fourth-order valence-corrected chi connectivity index (χ4v) is 3.59. The number of benzene rings is 2. The molecule has 34 heavy (non-hydrogen) atoms. The lowest BCUT2D eigenvalue weighted by Gasteiger charge is -2.14. The molecule has 1 N–H and O–H groups in total. The van der Waals surface area contributed by atoms with Gasteiger partial charge in [-0.25, -0.2) is 17.5 Å². The predicted molar refractivity (Wildman–Crippen MR) is 125 cm³/mol. The molecule has 2 rings (SSSR count). The van der Waals surface area contributed by atoms with E-state index in [9.17, 15) is 18.0 Å². The molecule has 0 unspecified atom stereocenters. The first-order valence-electron chi connectivity index (χ1n) is 9.94. The van der Waals surface area contributed by atoms with Crippen LogP contribution in [0.25, 0.3) is 6.08 Å². The average Bonchev–Trinajstić information content (AvgIpc) is 2.81. The smallest absolute Gasteiger partial charge is 0.331 e. The molecule has 0 saturated carbocycles. The van der Waals surface area contributed by atoms with Crippen LogP contribution in [0, 0.1) is 18.3 Å². The Labute approximate surface area is 198 Å². The summed E-state index contributed by atoms with van der Waals surface area (Å²) in [5.41, 5.74) is 1.55. The number of anilines is 1. The highest BCUT2D eigenvalue weighted by Crippen LogP contribution is 2.28. The summed E-state index contributed by atoms with van der Waals surface area (Å²) in [6.45, 7) is 1.02. The molecule has 180 valence electrons. The van der Waals surface area contributed by atoms with Crippen molar-refractivity contribution in [2.45, 2.75) is 11.8 Å². The Morgan fingerprint density at radius 1 is 1.15 bits per heavy atom. The zero-order chi connectivity index (χ0) is 25.3. The van der Waals surface area contributed by atoms with Crippen molar-refractivity contribution in [3.05, 3.63) is 53.6 Å². The maximum atomic E-state index is 12.3. The third-order valence-electron chi connectivity index (χ3n) is 4.50. The molecule has 0 fully saturated rings. The lowest BCUT2D eigenvalue weighted by molar-refractivity contribution is -0.142. The molecule has 0 radical (unpaired) electrons. The van der Waals surface area contributed by atoms with Crippen LogP contribution in [-0.4, -0.2) is 59.0 Å². The van der Waals surface area contributed by atoms with Crippen molar-refractivity contribution in [1.29, 1.82) is 5.26 Å². The van der Waals surface area contributed by atoms with Gasteiger partial charge in [-0.1, -0.05) is 12.1 Å². The van der Waals surface area contributed by atoms with Crippen LogP contribution in [0.3, 0.4) is 0 Å². The second-order valence-electron chi connectivity index (χ2n) is 7.11. The van der Waals surface area contributed by atoms with Crippen LogP contribution in [0.2, 0.25) is 0 Å². The van der Waals surface area contributed by atoms with Crippen molar-refractivity contribution >= 4 is 33.7 Å². The van der Waals surface area contributed by atoms with Gasteiger partial charge in [0.15, 0.2) is 24.7 Å². The Morgan fingerprint density at radius 2 is 1.88 bits per heavy atom. The molecular formula is C23H25N3O7S. The molecule has 2 aromatic carbocycles. The SMILES string of the molecule is COc1cc(C=CC(=O)OCC(=O)Nc2cc(S(=O)(=O)N(C)C)ccc2C)ccc1OCC#N. The number of nitrogens with zero attached hydrogens (tertiary/aromatic N) is 2. The molecule has 10 nitrogen and oxygen atoms in total. The summed E-state index contributed by atoms with van der Waals surface area (Å²) < 4.78 is 41.1. The number of carbonyl (C=O) groups excluding carboxylic acids is 2. The van der Waals surface area contributed by atoms with Gasteiger partial charge < -0.3 is 19.5 Å². The monoisotopic (exact) mass is 487 g/mol. The maximum Gasteiger partial charge on any atom is 0.331 e. The normalized spacial score (nSPS) is 11.2. The van der Waals surface area contributed by atoms with Gasteiger partial charge in [0.1, 0.15) is 6.07 Å². The summed E-state index contributed by atoms with van der Waals surface area (Å²) in [7, 11) is 0.600. The third kappa shape index (κ3) is 7.06. The number of nitriles is 1. The van der Waals surface area contributed by atoms with E-state index >= 15 is 0 Å². The van der Waals surface area contributed by atoms with E-state index in [2.05, 4.69) is 5.32 Å². The molecule has 0 aliphatic heterocycles. The summed E-state index contributed by atoms with van der Waals surface area (Å²) in [6.07, 6.45) is 2.62. The minimum absolute atomic E-state index is 0.0257. The van der Waals surface area contributed by atoms with Crippen LogP contribution in [0.1, 0.15) is 11.1 Å². The molecule has 0 atom stereocenters. The Bertz CT molecular complexity index is 1230. The Balaban J connectivity index is 1.98. The lowest BCUT2D eigenvalue weighted by Crippen LogP contribution is -2.23. The number of aryl methyl sites for hydroxylation is 1. The van der Waals surface area contributed by atoms with Crippen LogP contribution in [-0.2, 0) is 24.3 Å². The number of hydrogen-bond donors (Lipinski definition) is 1. The highest BCUT2D eigenvalue weighted by atomic mass is 32.2. The molecule has 2 aromatic rings. The fraction of sp³-hybridized carbons (Fsp3) is 0.261. The zero-order valence-electron chi connectivity index (χ0n) is 19.2. The summed E-state index contributed by atoms with van der Waals surface area (Å²) >= 11 is 0. The summed E-state index contributed by atoms with van der Waals surface area (Å²) in [5.74, 6) is -0.596. The molecule has 0 spiro atoms. The number of esters is 1. The highest BCUT2D eigenvalue weighted by molar-refractivity contribution is 7.89. The summed E-state index contributed by atoms with van der Waals surface area (Å²) in [4.78, 5) is 24.2. The van der Waals surface area contributed by atoms with Gasteiger partial charge in [0.2, 0.25) is 10.0 Å². The predicted octanol–water partition coefficient (Wildman–Crippen LogP) is 2.35. The van der Waals surface area contributed by atoms with Gasteiger partial charge in [-0.2, -0.15) is 5.26 Å². The van der Waals surface area contributed by atoms with Crippen molar-refractivity contribution in [2.75, 3.05) is 39.7 Å². The van der Waals surface area contributed by atoms with Crippen molar-refractivity contribution in [3.63, 3.8) is 0 Å². The lowest BCUT2D eigenvalue weighted by atomic mass is 10.2. The van der Waals surface area contributed by atoms with Crippen molar-refractivity contribution < 1.29 is 32.2 Å². The number of sulfonamides is 1. The van der Waals surface area contributed by atoms with E-state index in [4.69, 9.17) is 19.5 Å². The summed E-state index contributed by atoms with van der Waals surface area (Å²) in [5, 5.41) is 11.2. The largest absolute Gasteiger partial charge is 0.493 e. The first-order chi connectivity index (χ1) is 16.1. The maximum absolute atomic E-state index is 12.3. The van der Waals surface area contributed by atoms with E-state index in [-0.39, 0.29) is 11.5 Å². The molecule has 0 heterocycles. The third-order valence-corrected chi connectivity index (χ3v) is 6.31. The highest BCUT2D eigenvalue weighted by Gasteiger charge is 2.19. The molecule has 0 aliphatic carbocycles. The Hall–Kier alpha value is -3.88. The van der Waals surface area contributed by atoms with Gasteiger partial charge in [-0.3, -0.25) is 4.79 Å². The molecule has 1 amide bonds. The van der Waals surface area contributed by atoms with Crippen LogP contribution < -0.4 is 14.8 Å². The number of hydrogen-bond acceptors (Lipinski definition) is 8. The first-order valence-corrected chi connectivity index (χ1v) is 11.4. The average molecular weight is 488 g/mol. The minimum Gasteiger partial charge on any atom is -0.493 e. The molecular weight excluding hydrogens is 462 g/mol. The van der Waals surface area contributed by atoms with E-state index in [0.717, 1.165) is 10.4 Å². The molecule has 0 saturated heterocycles. The van der Waals surface area contributed by atoms with Gasteiger partial charge in [0.05, 0.1) is 12.0 Å². The Kier molecular flexibility index (Phi) is 9.18. The van der Waals surface area contributed by atoms with E-state index in [1.165, 1.54) is 39.4 Å². The van der Waals surface area contributed by atoms with Gasteiger partial charge in [0, 0.05) is 25.9 Å². The molecule has 0 aliphatic rings. The van der Waals surface area contributed by atoms with Gasteiger partial charge in [-0.05, 0) is 48.4 Å². The van der Waals surface area contributed by atoms with Gasteiger partial charge >= 0.3 is 5.97 Å². The van der Waals surface area contributed by atoms with Crippen LogP contribution in [0.15, 0.2) is 47.4 Å². The second-order valence-corrected chi connectivity index (χ2v) is 9.26. The number of amides is 1. The molecule has 0 aromatic heterocycles. The van der Waals surface area contributed by atoms with Crippen LogP contribution >= 0.6 is 0 Å². The molecule has 11 heteroatoms. The minimum atomic E-state index is -3.67. The second kappa shape index (κ2) is 11.8. The van der Waals surface area contributed by atoms with E-state index in [1.54, 1.807) is 31.2 Å². The van der Waals surface area contributed by atoms with E-state index in [0.29, 0.717) is 28.3 Å². The topological polar surface area (TPSA) is 135 Å². The van der Waals surface area contributed by atoms with E-state index in [1.807, 2.05) is 6.07 Å². The van der Waals surface area contributed by atoms with Crippen molar-refractivity contribution in [3.8, 4) is 17.6 Å². The quantitative estimate of drug-likeness (QED) is 0.399. The molecule has 0 bridgehead atoms. The van der Waals surface area contributed by atoms with Gasteiger partial charge in [-0.15, -0.1) is 0 Å². The van der Waals surface area contributed by atoms with E-state index < -0.39 is 28.5 Å². The number of rotatable bonds is 10. The number of methoxy groups -OCH3 is 1. The fourth-order valence-electron chi connectivity index (χ4n) is 2.66. The zero-order valence-corrected chi connectivity index (χ0v) is 20.0. The van der Waals surface area contributed by atoms with Crippen LogP contribution in [0.5, 0.6) is 11.5 Å². The Morgan fingerprint density at radius 3 is 2.53 bits per heavy atom. The standard InChI is InChI=1S/C23H25N3O7S/c1-16-5-8-18(34(29,30)26(2)3)14-19(16)25-22(27)15-33-23(28)10-7-17-6-9-20(32-12-11-24)21(13-17)31-4/h5-10,13-14H,12,15H2,1-4H3,(H,25,27). The number of carbonyl (C=O) groups is 2.